The minimum Gasteiger partial charge on any atom is -0.383 e. The van der Waals surface area contributed by atoms with Gasteiger partial charge in [-0.05, 0) is 48.4 Å². The van der Waals surface area contributed by atoms with Gasteiger partial charge in [-0.3, -0.25) is 14.9 Å². The Bertz CT molecular complexity index is 1110. The average molecular weight is 397 g/mol. The molecule has 7 nitrogen and oxygen atoms in total. The van der Waals surface area contributed by atoms with Crippen LogP contribution in [0.1, 0.15) is 11.1 Å². The first-order valence-corrected chi connectivity index (χ1v) is 9.40. The van der Waals surface area contributed by atoms with Gasteiger partial charge >= 0.3 is 0 Å². The summed E-state index contributed by atoms with van der Waals surface area (Å²) >= 11 is 1.45. The lowest BCUT2D eigenvalue weighted by atomic mass is 10.2. The molecule has 1 heterocycles. The molecule has 0 atom stereocenters. The van der Waals surface area contributed by atoms with Crippen LogP contribution in [0.15, 0.2) is 53.5 Å². The van der Waals surface area contributed by atoms with Crippen molar-refractivity contribution in [2.75, 3.05) is 13.7 Å². The second-order valence-corrected chi connectivity index (χ2v) is 7.14. The number of hydrogen-bond acceptors (Lipinski definition) is 5. The fourth-order valence-corrected chi connectivity index (χ4v) is 3.83. The standard InChI is InChI=1S/C20H19N3O4S/c1-14-3-9-17-18(13-14)28-20(22(17)11-12-27-2)21-19(24)10-6-15-4-7-16(8-5-15)23(25)26/h3-10,13H,11-12H2,1-2H3/b10-6-,21-20?. The normalized spacial score (nSPS) is 12.1. The number of hydrogen-bond donors (Lipinski definition) is 0. The van der Waals surface area contributed by atoms with E-state index in [-0.39, 0.29) is 5.69 Å². The van der Waals surface area contributed by atoms with Gasteiger partial charge in [0.1, 0.15) is 0 Å². The molecule has 1 amide bonds. The molecule has 8 heteroatoms. The van der Waals surface area contributed by atoms with Crippen LogP contribution in [0.4, 0.5) is 5.69 Å². The van der Waals surface area contributed by atoms with Gasteiger partial charge in [0, 0.05) is 31.9 Å². The highest BCUT2D eigenvalue weighted by atomic mass is 32.1. The molecule has 144 valence electrons. The molecule has 28 heavy (non-hydrogen) atoms. The van der Waals surface area contributed by atoms with Gasteiger partial charge in [-0.25, -0.2) is 0 Å². The number of carbonyl (C=O) groups is 1. The van der Waals surface area contributed by atoms with Crippen LogP contribution in [0.2, 0.25) is 0 Å². The quantitative estimate of drug-likeness (QED) is 0.360. The number of thiazole rings is 1. The number of aromatic nitrogens is 1. The molecule has 0 N–H and O–H groups in total. The molecule has 0 aliphatic heterocycles. The van der Waals surface area contributed by atoms with E-state index in [1.54, 1.807) is 25.3 Å². The summed E-state index contributed by atoms with van der Waals surface area (Å²) in [5.74, 6) is -0.396. The third kappa shape index (κ3) is 4.59. The molecule has 0 aliphatic carbocycles. The first kappa shape index (κ1) is 19.7. The number of nitro groups is 1. The SMILES string of the molecule is COCCn1c(=NC(=O)/C=C\c2ccc([N+](=O)[O-])cc2)sc2cc(C)ccc21. The maximum absolute atomic E-state index is 12.3. The molecular weight excluding hydrogens is 378 g/mol. The maximum Gasteiger partial charge on any atom is 0.272 e. The first-order valence-electron chi connectivity index (χ1n) is 8.58. The molecule has 0 aliphatic rings. The topological polar surface area (TPSA) is 86.7 Å². The molecule has 1 aromatic heterocycles. The lowest BCUT2D eigenvalue weighted by Crippen LogP contribution is -2.18. The fraction of sp³-hybridized carbons (Fsp3) is 0.200. The Morgan fingerprint density at radius 3 is 2.71 bits per heavy atom. The van der Waals surface area contributed by atoms with Crippen molar-refractivity contribution >= 4 is 39.2 Å². The second-order valence-electron chi connectivity index (χ2n) is 6.13. The molecule has 0 fully saturated rings. The van der Waals surface area contributed by atoms with E-state index < -0.39 is 10.8 Å². The lowest BCUT2D eigenvalue weighted by Gasteiger charge is -2.04. The van der Waals surface area contributed by atoms with Crippen LogP contribution >= 0.6 is 11.3 Å². The number of carbonyl (C=O) groups excluding carboxylic acids is 1. The molecule has 3 aromatic rings. The summed E-state index contributed by atoms with van der Waals surface area (Å²) in [6.45, 7) is 3.13. The summed E-state index contributed by atoms with van der Waals surface area (Å²) in [5, 5.41) is 10.7. The third-order valence-corrected chi connectivity index (χ3v) is 5.13. The molecule has 2 aromatic carbocycles. The molecule has 0 saturated carbocycles. The van der Waals surface area contributed by atoms with Gasteiger partial charge in [0.2, 0.25) is 0 Å². The predicted molar refractivity (Wildman–Crippen MR) is 109 cm³/mol. The van der Waals surface area contributed by atoms with Gasteiger partial charge in [0.05, 0.1) is 21.7 Å². The van der Waals surface area contributed by atoms with Gasteiger partial charge in [-0.2, -0.15) is 4.99 Å². The highest BCUT2D eigenvalue weighted by Crippen LogP contribution is 2.19. The molecule has 0 bridgehead atoms. The number of nitrogens with zero attached hydrogens (tertiary/aromatic N) is 3. The summed E-state index contributed by atoms with van der Waals surface area (Å²) in [6.07, 6.45) is 2.95. The number of nitro benzene ring substituents is 1. The molecule has 0 saturated heterocycles. The van der Waals surface area contributed by atoms with Crippen molar-refractivity contribution < 1.29 is 14.5 Å². The van der Waals surface area contributed by atoms with E-state index >= 15 is 0 Å². The zero-order chi connectivity index (χ0) is 20.1. The smallest absolute Gasteiger partial charge is 0.272 e. The molecule has 0 spiro atoms. The van der Waals surface area contributed by atoms with Crippen LogP contribution in [-0.4, -0.2) is 29.1 Å². The highest BCUT2D eigenvalue weighted by molar-refractivity contribution is 7.16. The van der Waals surface area contributed by atoms with Crippen molar-refractivity contribution in [1.82, 2.24) is 4.57 Å². The van der Waals surface area contributed by atoms with Crippen LogP contribution in [0.3, 0.4) is 0 Å². The summed E-state index contributed by atoms with van der Waals surface area (Å²) < 4.78 is 8.21. The summed E-state index contributed by atoms with van der Waals surface area (Å²) in [5.41, 5.74) is 2.85. The minimum atomic E-state index is -0.462. The number of methoxy groups -OCH3 is 1. The van der Waals surface area contributed by atoms with Crippen molar-refractivity contribution in [1.29, 1.82) is 0 Å². The summed E-state index contributed by atoms with van der Waals surface area (Å²) in [7, 11) is 1.63. The largest absolute Gasteiger partial charge is 0.383 e. The number of fused-ring (bicyclic) bond motifs is 1. The van der Waals surface area contributed by atoms with Crippen molar-refractivity contribution in [3.63, 3.8) is 0 Å². The fourth-order valence-electron chi connectivity index (χ4n) is 2.67. The number of ether oxygens (including phenoxy) is 1. The van der Waals surface area contributed by atoms with Crippen molar-refractivity contribution in [2.45, 2.75) is 13.5 Å². The Morgan fingerprint density at radius 2 is 2.04 bits per heavy atom. The Morgan fingerprint density at radius 1 is 1.29 bits per heavy atom. The van der Waals surface area contributed by atoms with E-state index in [0.717, 1.165) is 15.8 Å². The predicted octanol–water partition coefficient (Wildman–Crippen LogP) is 3.71. The summed E-state index contributed by atoms with van der Waals surface area (Å²) in [4.78, 5) is 27.4. The zero-order valence-electron chi connectivity index (χ0n) is 15.5. The van der Waals surface area contributed by atoms with Crippen molar-refractivity contribution in [2.24, 2.45) is 4.99 Å². The van der Waals surface area contributed by atoms with Crippen molar-refractivity contribution in [3.05, 3.63) is 74.6 Å². The van der Waals surface area contributed by atoms with E-state index in [4.69, 9.17) is 4.74 Å². The van der Waals surface area contributed by atoms with Crippen LogP contribution < -0.4 is 4.80 Å². The molecule has 0 radical (unpaired) electrons. The first-order chi connectivity index (χ1) is 13.5. The number of rotatable bonds is 6. The monoisotopic (exact) mass is 397 g/mol. The molecule has 3 rings (SSSR count). The second kappa shape index (κ2) is 8.73. The van der Waals surface area contributed by atoms with Crippen LogP contribution in [-0.2, 0) is 16.1 Å². The Balaban J connectivity index is 1.89. The zero-order valence-corrected chi connectivity index (χ0v) is 16.3. The number of amides is 1. The van der Waals surface area contributed by atoms with Crippen LogP contribution in [0.25, 0.3) is 16.3 Å². The van der Waals surface area contributed by atoms with E-state index in [1.807, 2.05) is 23.6 Å². The Kier molecular flexibility index (Phi) is 6.13. The van der Waals surface area contributed by atoms with E-state index in [2.05, 4.69) is 11.1 Å². The summed E-state index contributed by atoms with van der Waals surface area (Å²) in [6, 6.07) is 12.1. The molecule has 0 unspecified atom stereocenters. The van der Waals surface area contributed by atoms with Gasteiger partial charge in [-0.15, -0.1) is 0 Å². The third-order valence-electron chi connectivity index (χ3n) is 4.09. The highest BCUT2D eigenvalue weighted by Gasteiger charge is 2.07. The number of benzene rings is 2. The Labute approximate surface area is 165 Å². The van der Waals surface area contributed by atoms with Crippen molar-refractivity contribution in [3.8, 4) is 0 Å². The number of aryl methyl sites for hydroxylation is 1. The minimum absolute atomic E-state index is 0.00733. The molecular formula is C20H19N3O4S. The van der Waals surface area contributed by atoms with Crippen LogP contribution in [0, 0.1) is 17.0 Å². The number of non-ortho nitro benzene ring substituents is 1. The maximum atomic E-state index is 12.3. The van der Waals surface area contributed by atoms with Gasteiger partial charge in [0.15, 0.2) is 4.80 Å². The van der Waals surface area contributed by atoms with Gasteiger partial charge in [0.25, 0.3) is 11.6 Å². The van der Waals surface area contributed by atoms with E-state index in [1.165, 1.54) is 29.5 Å². The Hall–Kier alpha value is -3.10. The lowest BCUT2D eigenvalue weighted by molar-refractivity contribution is -0.384. The van der Waals surface area contributed by atoms with E-state index in [0.29, 0.717) is 23.5 Å². The van der Waals surface area contributed by atoms with Crippen LogP contribution in [0.5, 0.6) is 0 Å². The average Bonchev–Trinajstić information content (AvgIpc) is 3.00. The van der Waals surface area contributed by atoms with Gasteiger partial charge < -0.3 is 9.30 Å². The van der Waals surface area contributed by atoms with Gasteiger partial charge in [-0.1, -0.05) is 17.4 Å². The van der Waals surface area contributed by atoms with E-state index in [9.17, 15) is 14.9 Å².